The summed E-state index contributed by atoms with van der Waals surface area (Å²) in [6.07, 6.45) is 3.42. The second kappa shape index (κ2) is 7.64. The fourth-order valence-electron chi connectivity index (χ4n) is 3.46. The summed E-state index contributed by atoms with van der Waals surface area (Å²) in [5.74, 6) is 0.292. The minimum Gasteiger partial charge on any atom is -0.339 e. The summed E-state index contributed by atoms with van der Waals surface area (Å²) in [7, 11) is 0. The Labute approximate surface area is 146 Å². The van der Waals surface area contributed by atoms with Crippen molar-refractivity contribution in [1.82, 2.24) is 9.88 Å². The molecule has 0 bridgehead atoms. The molecule has 0 atom stereocenters. The van der Waals surface area contributed by atoms with E-state index in [2.05, 4.69) is 4.98 Å². The van der Waals surface area contributed by atoms with Crippen LogP contribution in [0.2, 0.25) is 0 Å². The van der Waals surface area contributed by atoms with Gasteiger partial charge in [0.15, 0.2) is 0 Å². The molecule has 1 aromatic carbocycles. The Morgan fingerprint density at radius 2 is 1.84 bits per heavy atom. The molecular formula is C20H23FN2O2. The van der Waals surface area contributed by atoms with Gasteiger partial charge in [0.25, 0.3) is 5.91 Å². The SMILES string of the molecule is CCc1[nH]c(=O)ccc1C(=O)N1CCC(Cc2ccc(F)cc2)CC1. The summed E-state index contributed by atoms with van der Waals surface area (Å²) in [4.78, 5) is 28.8. The van der Waals surface area contributed by atoms with E-state index in [0.717, 1.165) is 24.8 Å². The normalized spacial score (nSPS) is 15.4. The Morgan fingerprint density at radius 1 is 1.16 bits per heavy atom. The first-order chi connectivity index (χ1) is 12.1. The number of nitrogens with one attached hydrogen (secondary N) is 1. The Morgan fingerprint density at radius 3 is 2.48 bits per heavy atom. The maximum absolute atomic E-state index is 13.0. The molecule has 5 heteroatoms. The number of aromatic amines is 1. The molecule has 0 aliphatic carbocycles. The summed E-state index contributed by atoms with van der Waals surface area (Å²) in [5, 5.41) is 0. The molecule has 132 valence electrons. The zero-order valence-corrected chi connectivity index (χ0v) is 14.4. The number of benzene rings is 1. The number of pyridine rings is 1. The highest BCUT2D eigenvalue weighted by Crippen LogP contribution is 2.23. The molecule has 1 aromatic heterocycles. The van der Waals surface area contributed by atoms with Gasteiger partial charge in [0, 0.05) is 24.8 Å². The van der Waals surface area contributed by atoms with Gasteiger partial charge in [-0.2, -0.15) is 0 Å². The van der Waals surface area contributed by atoms with Gasteiger partial charge in [-0.25, -0.2) is 4.39 Å². The number of aromatic nitrogens is 1. The molecule has 4 nitrogen and oxygen atoms in total. The first-order valence-corrected chi connectivity index (χ1v) is 8.82. The van der Waals surface area contributed by atoms with Crippen LogP contribution in [0.4, 0.5) is 4.39 Å². The van der Waals surface area contributed by atoms with Gasteiger partial charge in [-0.3, -0.25) is 9.59 Å². The van der Waals surface area contributed by atoms with Gasteiger partial charge in [0.1, 0.15) is 5.82 Å². The summed E-state index contributed by atoms with van der Waals surface area (Å²) in [5.41, 5.74) is 2.26. The topological polar surface area (TPSA) is 53.2 Å². The van der Waals surface area contributed by atoms with Crippen LogP contribution < -0.4 is 5.56 Å². The van der Waals surface area contributed by atoms with Gasteiger partial charge >= 0.3 is 0 Å². The summed E-state index contributed by atoms with van der Waals surface area (Å²) < 4.78 is 13.0. The van der Waals surface area contributed by atoms with Crippen molar-refractivity contribution in [3.63, 3.8) is 0 Å². The lowest BCUT2D eigenvalue weighted by Crippen LogP contribution is -2.39. The number of rotatable bonds is 4. The Balaban J connectivity index is 1.61. The Hall–Kier alpha value is -2.43. The van der Waals surface area contributed by atoms with Crippen LogP contribution in [-0.4, -0.2) is 28.9 Å². The molecule has 25 heavy (non-hydrogen) atoms. The van der Waals surface area contributed by atoms with Crippen LogP contribution in [0, 0.1) is 11.7 Å². The number of carbonyl (C=O) groups is 1. The van der Waals surface area contributed by atoms with Crippen LogP contribution in [0.1, 0.15) is 41.4 Å². The van der Waals surface area contributed by atoms with Gasteiger partial charge in [0.2, 0.25) is 5.56 Å². The van der Waals surface area contributed by atoms with Crippen molar-refractivity contribution >= 4 is 5.91 Å². The van der Waals surface area contributed by atoms with Crippen molar-refractivity contribution in [3.8, 4) is 0 Å². The molecule has 3 rings (SSSR count). The van der Waals surface area contributed by atoms with Gasteiger partial charge in [0.05, 0.1) is 5.56 Å². The predicted molar refractivity (Wildman–Crippen MR) is 95.2 cm³/mol. The zero-order chi connectivity index (χ0) is 17.8. The number of amides is 1. The number of carbonyl (C=O) groups excluding carboxylic acids is 1. The molecule has 0 saturated carbocycles. The molecule has 0 unspecified atom stereocenters. The minimum absolute atomic E-state index is 0.00617. The lowest BCUT2D eigenvalue weighted by Gasteiger charge is -2.32. The minimum atomic E-state index is -0.211. The van der Waals surface area contributed by atoms with E-state index in [9.17, 15) is 14.0 Å². The summed E-state index contributed by atoms with van der Waals surface area (Å²) >= 11 is 0. The van der Waals surface area contributed by atoms with Gasteiger partial charge < -0.3 is 9.88 Å². The van der Waals surface area contributed by atoms with Crippen molar-refractivity contribution in [2.45, 2.75) is 32.6 Å². The molecule has 1 aliphatic heterocycles. The Kier molecular flexibility index (Phi) is 5.31. The summed E-state index contributed by atoms with van der Waals surface area (Å²) in [6, 6.07) is 9.70. The van der Waals surface area contributed by atoms with Crippen LogP contribution in [0.3, 0.4) is 0 Å². The molecule has 1 N–H and O–H groups in total. The maximum atomic E-state index is 13.0. The van der Waals surface area contributed by atoms with E-state index < -0.39 is 0 Å². The number of likely N-dealkylation sites (tertiary alicyclic amines) is 1. The molecule has 1 saturated heterocycles. The standard InChI is InChI=1S/C20H23FN2O2/c1-2-18-17(7-8-19(24)22-18)20(25)23-11-9-15(10-12-23)13-14-3-5-16(21)6-4-14/h3-8,15H,2,9-13H2,1H3,(H,22,24). The third-order valence-electron chi connectivity index (χ3n) is 4.92. The average molecular weight is 342 g/mol. The first-order valence-electron chi connectivity index (χ1n) is 8.82. The number of H-pyrrole nitrogens is 1. The average Bonchev–Trinajstić information content (AvgIpc) is 2.63. The van der Waals surface area contributed by atoms with Gasteiger partial charge in [-0.1, -0.05) is 19.1 Å². The number of halogens is 1. The summed E-state index contributed by atoms with van der Waals surface area (Å²) in [6.45, 7) is 3.36. The van der Waals surface area contributed by atoms with Crippen molar-refractivity contribution in [2.24, 2.45) is 5.92 Å². The Bertz CT molecular complexity index is 790. The molecule has 0 radical (unpaired) electrons. The molecule has 1 aliphatic rings. The van der Waals surface area contributed by atoms with Crippen LogP contribution in [-0.2, 0) is 12.8 Å². The fourth-order valence-corrected chi connectivity index (χ4v) is 3.46. The van der Waals surface area contributed by atoms with E-state index in [0.29, 0.717) is 36.7 Å². The van der Waals surface area contributed by atoms with Crippen molar-refractivity contribution < 1.29 is 9.18 Å². The van der Waals surface area contributed by atoms with Crippen molar-refractivity contribution in [1.29, 1.82) is 0 Å². The van der Waals surface area contributed by atoms with E-state index in [1.807, 2.05) is 24.0 Å². The van der Waals surface area contributed by atoms with Crippen LogP contribution >= 0.6 is 0 Å². The lowest BCUT2D eigenvalue weighted by molar-refractivity contribution is 0.0689. The quantitative estimate of drug-likeness (QED) is 0.928. The second-order valence-corrected chi connectivity index (χ2v) is 6.63. The number of hydrogen-bond donors (Lipinski definition) is 1. The molecule has 2 aromatic rings. The largest absolute Gasteiger partial charge is 0.339 e. The highest BCUT2D eigenvalue weighted by Gasteiger charge is 2.25. The van der Waals surface area contributed by atoms with Crippen molar-refractivity contribution in [3.05, 3.63) is 69.4 Å². The zero-order valence-electron chi connectivity index (χ0n) is 14.4. The van der Waals surface area contributed by atoms with E-state index in [4.69, 9.17) is 0 Å². The van der Waals surface area contributed by atoms with Crippen LogP contribution in [0.25, 0.3) is 0 Å². The lowest BCUT2D eigenvalue weighted by atomic mass is 9.90. The molecule has 2 heterocycles. The molecule has 0 spiro atoms. The number of aryl methyl sites for hydroxylation is 1. The third-order valence-corrected chi connectivity index (χ3v) is 4.92. The highest BCUT2D eigenvalue weighted by atomic mass is 19.1. The highest BCUT2D eigenvalue weighted by molar-refractivity contribution is 5.95. The molecule has 1 fully saturated rings. The van der Waals surface area contributed by atoms with E-state index >= 15 is 0 Å². The van der Waals surface area contributed by atoms with Crippen LogP contribution in [0.5, 0.6) is 0 Å². The number of nitrogens with zero attached hydrogens (tertiary/aromatic N) is 1. The first kappa shape index (κ1) is 17.4. The second-order valence-electron chi connectivity index (χ2n) is 6.63. The van der Waals surface area contributed by atoms with E-state index in [1.165, 1.54) is 18.2 Å². The van der Waals surface area contributed by atoms with E-state index in [1.54, 1.807) is 6.07 Å². The fraction of sp³-hybridized carbons (Fsp3) is 0.400. The predicted octanol–water partition coefficient (Wildman–Crippen LogP) is 3.17. The smallest absolute Gasteiger partial charge is 0.255 e. The van der Waals surface area contributed by atoms with Crippen molar-refractivity contribution in [2.75, 3.05) is 13.1 Å². The number of piperidine rings is 1. The molecular weight excluding hydrogens is 319 g/mol. The maximum Gasteiger partial charge on any atom is 0.255 e. The number of hydrogen-bond acceptors (Lipinski definition) is 2. The van der Waals surface area contributed by atoms with Gasteiger partial charge in [-0.05, 0) is 55.4 Å². The van der Waals surface area contributed by atoms with E-state index in [-0.39, 0.29) is 17.3 Å². The monoisotopic (exact) mass is 342 g/mol. The van der Waals surface area contributed by atoms with Gasteiger partial charge in [-0.15, -0.1) is 0 Å². The third kappa shape index (κ3) is 4.16. The van der Waals surface area contributed by atoms with Crippen LogP contribution in [0.15, 0.2) is 41.2 Å². The molecule has 1 amide bonds.